The van der Waals surface area contributed by atoms with E-state index in [4.69, 9.17) is 10.5 Å². The fourth-order valence-corrected chi connectivity index (χ4v) is 4.39. The van der Waals surface area contributed by atoms with Crippen LogP contribution in [0.3, 0.4) is 0 Å². The molecule has 4 N–H and O–H groups in total. The Morgan fingerprint density at radius 1 is 1.13 bits per heavy atom. The number of nitrogens with two attached hydrogens (primary N) is 1. The Kier molecular flexibility index (Phi) is 8.94. The van der Waals surface area contributed by atoms with Crippen LogP contribution in [0, 0.1) is 11.3 Å². The maximum Gasteiger partial charge on any atom is 0.407 e. The van der Waals surface area contributed by atoms with Gasteiger partial charge < -0.3 is 26.0 Å². The monoisotopic (exact) mass is 424 g/mol. The van der Waals surface area contributed by atoms with E-state index in [0.717, 1.165) is 32.1 Å². The van der Waals surface area contributed by atoms with Gasteiger partial charge in [0.1, 0.15) is 12.1 Å². The number of carbonyl (C=O) groups excluding carboxylic acids is 3. The molecule has 0 radical (unpaired) electrons. The predicted octanol–water partition coefficient (Wildman–Crippen LogP) is 2.16. The highest BCUT2D eigenvalue weighted by Crippen LogP contribution is 2.26. The van der Waals surface area contributed by atoms with Crippen LogP contribution < -0.4 is 16.4 Å². The average Bonchev–Trinajstić information content (AvgIpc) is 3.15. The van der Waals surface area contributed by atoms with E-state index in [0.29, 0.717) is 31.8 Å². The second-order valence-electron chi connectivity index (χ2n) is 9.90. The second kappa shape index (κ2) is 11.0. The third-order valence-electron chi connectivity index (χ3n) is 5.98. The molecule has 2 aliphatic rings. The summed E-state index contributed by atoms with van der Waals surface area (Å²) in [5.74, 6) is 0.152. The minimum absolute atomic E-state index is 0.0960. The lowest BCUT2D eigenvalue weighted by Crippen LogP contribution is -2.54. The zero-order valence-corrected chi connectivity index (χ0v) is 19.0. The van der Waals surface area contributed by atoms with Crippen molar-refractivity contribution < 1.29 is 19.1 Å². The van der Waals surface area contributed by atoms with Gasteiger partial charge in [-0.25, -0.2) is 4.79 Å². The number of likely N-dealkylation sites (tertiary alicyclic amines) is 1. The molecule has 0 aromatic rings. The second-order valence-corrected chi connectivity index (χ2v) is 9.90. The van der Waals surface area contributed by atoms with Crippen molar-refractivity contribution in [3.8, 4) is 0 Å². The first-order valence-corrected chi connectivity index (χ1v) is 11.4. The summed E-state index contributed by atoms with van der Waals surface area (Å²) in [6, 6.07) is -0.904. The molecule has 2 fully saturated rings. The molecular weight excluding hydrogens is 384 g/mol. The van der Waals surface area contributed by atoms with Gasteiger partial charge in [-0.2, -0.15) is 0 Å². The van der Waals surface area contributed by atoms with E-state index in [1.54, 1.807) is 11.8 Å². The van der Waals surface area contributed by atoms with Crippen molar-refractivity contribution in [3.05, 3.63) is 0 Å². The van der Waals surface area contributed by atoms with E-state index in [-0.39, 0.29) is 29.9 Å². The quantitative estimate of drug-likeness (QED) is 0.579. The zero-order chi connectivity index (χ0) is 22.3. The smallest absolute Gasteiger partial charge is 0.407 e. The number of alkyl carbamates (subject to hydrolysis) is 1. The summed E-state index contributed by atoms with van der Waals surface area (Å²) < 4.78 is 4.98. The van der Waals surface area contributed by atoms with E-state index in [2.05, 4.69) is 10.6 Å². The van der Waals surface area contributed by atoms with Gasteiger partial charge in [-0.05, 0) is 63.2 Å². The van der Waals surface area contributed by atoms with Crippen LogP contribution in [-0.2, 0) is 14.3 Å². The number of hydrogen-bond donors (Lipinski definition) is 3. The van der Waals surface area contributed by atoms with Gasteiger partial charge in [-0.3, -0.25) is 9.59 Å². The molecule has 2 atom stereocenters. The summed E-state index contributed by atoms with van der Waals surface area (Å²) in [5.41, 5.74) is 5.79. The fraction of sp³-hybridized carbons (Fsp3) is 0.864. The Balaban J connectivity index is 1.98. The Bertz CT molecular complexity index is 596. The molecule has 8 heteroatoms. The first-order chi connectivity index (χ1) is 14.1. The molecule has 8 nitrogen and oxygen atoms in total. The van der Waals surface area contributed by atoms with Gasteiger partial charge in [0.2, 0.25) is 11.8 Å². The van der Waals surface area contributed by atoms with E-state index in [9.17, 15) is 14.4 Å². The molecule has 30 heavy (non-hydrogen) atoms. The molecular formula is C22H40N4O4. The third-order valence-corrected chi connectivity index (χ3v) is 5.98. The molecule has 1 heterocycles. The minimum atomic E-state index is -0.711. The van der Waals surface area contributed by atoms with Gasteiger partial charge in [0.05, 0.1) is 6.61 Å². The Labute approximate surface area is 180 Å². The molecule has 2 rings (SSSR count). The topological polar surface area (TPSA) is 114 Å². The van der Waals surface area contributed by atoms with E-state index in [1.165, 1.54) is 0 Å². The fourth-order valence-electron chi connectivity index (χ4n) is 4.39. The molecule has 0 spiro atoms. The van der Waals surface area contributed by atoms with Crippen LogP contribution in [0.4, 0.5) is 4.79 Å². The first kappa shape index (κ1) is 24.4. The van der Waals surface area contributed by atoms with E-state index >= 15 is 0 Å². The molecule has 3 amide bonds. The number of nitrogens with zero attached hydrogens (tertiary/aromatic N) is 1. The molecule has 1 saturated heterocycles. The number of amides is 3. The van der Waals surface area contributed by atoms with Crippen molar-refractivity contribution in [1.82, 2.24) is 15.5 Å². The first-order valence-electron chi connectivity index (χ1n) is 11.4. The number of nitrogens with one attached hydrogen (secondary N) is 2. The maximum atomic E-state index is 13.3. The molecule has 1 aliphatic heterocycles. The van der Waals surface area contributed by atoms with Gasteiger partial charge >= 0.3 is 6.09 Å². The van der Waals surface area contributed by atoms with Crippen LogP contribution in [0.1, 0.15) is 72.6 Å². The van der Waals surface area contributed by atoms with Crippen LogP contribution in [-0.4, -0.2) is 60.6 Å². The van der Waals surface area contributed by atoms with Gasteiger partial charge in [-0.15, -0.1) is 0 Å². The number of ether oxygens (including phenoxy) is 1. The molecule has 0 bridgehead atoms. The Morgan fingerprint density at radius 2 is 1.80 bits per heavy atom. The summed E-state index contributed by atoms with van der Waals surface area (Å²) in [7, 11) is 0. The summed E-state index contributed by atoms with van der Waals surface area (Å²) >= 11 is 0. The zero-order valence-electron chi connectivity index (χ0n) is 19.0. The SMILES string of the molecule is CCOC(=O)NC(CC(C)(C)C)C(=O)N1CCCC1C(=O)NCC1CCC(N)CC1. The lowest BCUT2D eigenvalue weighted by Gasteiger charge is -2.32. The normalized spacial score (nSPS) is 25.5. The van der Waals surface area contributed by atoms with Crippen molar-refractivity contribution in [2.45, 2.75) is 90.8 Å². The average molecular weight is 425 g/mol. The van der Waals surface area contributed by atoms with Gasteiger partial charge in [0.15, 0.2) is 0 Å². The highest BCUT2D eigenvalue weighted by Gasteiger charge is 2.39. The molecule has 172 valence electrons. The van der Waals surface area contributed by atoms with Crippen LogP contribution in [0.5, 0.6) is 0 Å². The van der Waals surface area contributed by atoms with Gasteiger partial charge in [0.25, 0.3) is 0 Å². The van der Waals surface area contributed by atoms with Crippen molar-refractivity contribution in [3.63, 3.8) is 0 Å². The lowest BCUT2D eigenvalue weighted by atomic mass is 9.86. The van der Waals surface area contributed by atoms with E-state index < -0.39 is 18.2 Å². The van der Waals surface area contributed by atoms with Crippen molar-refractivity contribution in [2.24, 2.45) is 17.1 Å². The number of carbonyl (C=O) groups is 3. The molecule has 2 unspecified atom stereocenters. The van der Waals surface area contributed by atoms with E-state index in [1.807, 2.05) is 20.8 Å². The molecule has 1 saturated carbocycles. The molecule has 0 aromatic carbocycles. The number of rotatable bonds is 7. The predicted molar refractivity (Wildman–Crippen MR) is 116 cm³/mol. The number of hydrogen-bond acceptors (Lipinski definition) is 5. The summed E-state index contributed by atoms with van der Waals surface area (Å²) in [4.78, 5) is 39.8. The minimum Gasteiger partial charge on any atom is -0.450 e. The maximum absolute atomic E-state index is 13.3. The van der Waals surface area contributed by atoms with Crippen LogP contribution in [0.15, 0.2) is 0 Å². The summed E-state index contributed by atoms with van der Waals surface area (Å²) in [5, 5.41) is 5.76. The lowest BCUT2D eigenvalue weighted by molar-refractivity contribution is -0.140. The standard InChI is InChI=1S/C22H40N4O4/c1-5-30-21(29)25-17(13-22(2,3)4)20(28)26-12-6-7-18(26)19(27)24-14-15-8-10-16(23)11-9-15/h15-18H,5-14,23H2,1-4H3,(H,24,27)(H,25,29). The molecule has 1 aliphatic carbocycles. The van der Waals surface area contributed by atoms with Crippen molar-refractivity contribution in [1.29, 1.82) is 0 Å². The highest BCUT2D eigenvalue weighted by atomic mass is 16.5. The van der Waals surface area contributed by atoms with Gasteiger partial charge in [0, 0.05) is 19.1 Å². The summed E-state index contributed by atoms with van der Waals surface area (Å²) in [6.07, 6.45) is 5.37. The Hall–Kier alpha value is -1.83. The summed E-state index contributed by atoms with van der Waals surface area (Å²) in [6.45, 7) is 9.18. The highest BCUT2D eigenvalue weighted by molar-refractivity contribution is 5.91. The molecule has 0 aromatic heterocycles. The largest absolute Gasteiger partial charge is 0.450 e. The van der Waals surface area contributed by atoms with Gasteiger partial charge in [-0.1, -0.05) is 20.8 Å². The van der Waals surface area contributed by atoms with Crippen LogP contribution in [0.2, 0.25) is 0 Å². The van der Waals surface area contributed by atoms with Crippen molar-refractivity contribution in [2.75, 3.05) is 19.7 Å². The van der Waals surface area contributed by atoms with Crippen LogP contribution >= 0.6 is 0 Å². The third kappa shape index (κ3) is 7.45. The van der Waals surface area contributed by atoms with Crippen LogP contribution in [0.25, 0.3) is 0 Å². The Morgan fingerprint density at radius 3 is 2.40 bits per heavy atom. The van der Waals surface area contributed by atoms with Crippen molar-refractivity contribution >= 4 is 17.9 Å².